The number of aliphatic hydroxyl groups is 17. The lowest BCUT2D eigenvalue weighted by molar-refractivity contribution is -0.443. The summed E-state index contributed by atoms with van der Waals surface area (Å²) in [6.45, 7) is -3.32. The first-order valence-electron chi connectivity index (χ1n) is 14.0. The summed E-state index contributed by atoms with van der Waals surface area (Å²) >= 11 is 0. The van der Waals surface area contributed by atoms with E-state index in [4.69, 9.17) is 18.9 Å². The van der Waals surface area contributed by atoms with Crippen LogP contribution < -0.4 is 0 Å². The third-order valence-electron chi connectivity index (χ3n) is 9.31. The molecule has 0 aromatic rings. The normalized spacial score (nSPS) is 57.9. The molecule has 21 heteroatoms. The van der Waals surface area contributed by atoms with Crippen LogP contribution in [0.1, 0.15) is 0 Å². The fourth-order valence-electron chi connectivity index (χ4n) is 6.65. The van der Waals surface area contributed by atoms with Gasteiger partial charge in [-0.05, 0) is 0 Å². The molecule has 4 rings (SSSR count). The molecule has 0 spiro atoms. The molecule has 0 amide bonds. The quantitative estimate of drug-likeness (QED) is 0.120. The fourth-order valence-corrected chi connectivity index (χ4v) is 6.65. The molecule has 21 atom stereocenters. The number of hydrogen-bond donors (Lipinski definition) is 17. The lowest BCUT2D eigenvalue weighted by Crippen LogP contribution is -2.90. The van der Waals surface area contributed by atoms with E-state index in [1.54, 1.807) is 0 Å². The molecule has 3 aliphatic heterocycles. The molecule has 0 aromatic heterocycles. The van der Waals surface area contributed by atoms with Crippen molar-refractivity contribution in [1.29, 1.82) is 0 Å². The molecule has 45 heavy (non-hydrogen) atoms. The summed E-state index contributed by atoms with van der Waals surface area (Å²) in [4.78, 5) is 0. The van der Waals surface area contributed by atoms with Gasteiger partial charge in [-0.25, -0.2) is 0 Å². The van der Waals surface area contributed by atoms with Gasteiger partial charge in [0.1, 0.15) is 110 Å². The van der Waals surface area contributed by atoms with E-state index in [9.17, 15) is 86.8 Å². The zero-order valence-corrected chi connectivity index (χ0v) is 23.3. The van der Waals surface area contributed by atoms with Crippen molar-refractivity contribution in [2.24, 2.45) is 0 Å². The molecule has 0 bridgehead atoms. The lowest BCUT2D eigenvalue weighted by Gasteiger charge is -2.65. The maximum Gasteiger partial charge on any atom is 0.187 e. The molecule has 1 aliphatic carbocycles. The van der Waals surface area contributed by atoms with E-state index in [1.165, 1.54) is 0 Å². The van der Waals surface area contributed by atoms with Crippen LogP contribution in [0.4, 0.5) is 0 Å². The van der Waals surface area contributed by atoms with Crippen molar-refractivity contribution in [1.82, 2.24) is 0 Å². The van der Waals surface area contributed by atoms with E-state index < -0.39 is 147 Å². The summed E-state index contributed by atoms with van der Waals surface area (Å²) in [6.07, 6.45) is -44.8. The highest BCUT2D eigenvalue weighted by atomic mass is 16.7. The molecule has 17 N–H and O–H groups in total. The maximum atomic E-state index is 12.5. The van der Waals surface area contributed by atoms with Gasteiger partial charge in [0.25, 0.3) is 0 Å². The van der Waals surface area contributed by atoms with Crippen LogP contribution in [0.15, 0.2) is 0 Å². The van der Waals surface area contributed by atoms with Crippen LogP contribution in [0.2, 0.25) is 0 Å². The first-order valence-corrected chi connectivity index (χ1v) is 14.0. The van der Waals surface area contributed by atoms with Crippen LogP contribution >= 0.6 is 0 Å². The number of aliphatic hydroxyl groups excluding tert-OH is 16. The first-order chi connectivity index (χ1) is 21.0. The molecule has 21 nitrogen and oxygen atoms in total. The Kier molecular flexibility index (Phi) is 11.2. The van der Waals surface area contributed by atoms with E-state index in [0.29, 0.717) is 0 Å². The van der Waals surface area contributed by atoms with Gasteiger partial charge in [-0.3, -0.25) is 0 Å². The van der Waals surface area contributed by atoms with Gasteiger partial charge in [0.15, 0.2) is 17.5 Å². The highest BCUT2D eigenvalue weighted by Gasteiger charge is 2.79. The topological polar surface area (TPSA) is 381 Å². The van der Waals surface area contributed by atoms with Gasteiger partial charge >= 0.3 is 0 Å². The molecule has 4 fully saturated rings. The Labute approximate surface area is 253 Å². The van der Waals surface area contributed by atoms with E-state index in [0.717, 1.165) is 0 Å². The predicted octanol–water partition coefficient (Wildman–Crippen LogP) is -11.6. The Hall–Kier alpha value is -0.840. The van der Waals surface area contributed by atoms with Gasteiger partial charge in [0.05, 0.1) is 19.8 Å². The summed E-state index contributed by atoms with van der Waals surface area (Å²) < 4.78 is 22.0. The summed E-state index contributed by atoms with van der Waals surface area (Å²) in [5, 5.41) is 182. The van der Waals surface area contributed by atoms with Crippen molar-refractivity contribution in [3.05, 3.63) is 0 Å². The minimum absolute atomic E-state index is 1.05. The molecular formula is C24H42O21. The predicted molar refractivity (Wildman–Crippen MR) is 134 cm³/mol. The largest absolute Gasteiger partial charge is 0.394 e. The zero-order valence-electron chi connectivity index (χ0n) is 23.3. The van der Waals surface area contributed by atoms with Crippen LogP contribution in [0.5, 0.6) is 0 Å². The highest BCUT2D eigenvalue weighted by Crippen LogP contribution is 2.52. The van der Waals surface area contributed by atoms with Crippen molar-refractivity contribution in [2.75, 3.05) is 19.8 Å². The second kappa shape index (κ2) is 13.6. The van der Waals surface area contributed by atoms with Crippen LogP contribution in [0.3, 0.4) is 0 Å². The second-order valence-corrected chi connectivity index (χ2v) is 11.8. The number of rotatable bonds is 7. The molecule has 1 saturated carbocycles. The van der Waals surface area contributed by atoms with Gasteiger partial charge in [0.2, 0.25) is 0 Å². The fraction of sp³-hybridized carbons (Fsp3) is 1.00. The summed E-state index contributed by atoms with van der Waals surface area (Å²) in [7, 11) is 0. The first kappa shape index (κ1) is 37.0. The molecule has 0 aromatic carbocycles. The maximum absolute atomic E-state index is 12.5. The minimum atomic E-state index is -3.77. The molecule has 264 valence electrons. The molecular weight excluding hydrogens is 624 g/mol. The number of hydrogen-bond acceptors (Lipinski definition) is 21. The average molecular weight is 667 g/mol. The Morgan fingerprint density at radius 2 is 0.800 bits per heavy atom. The van der Waals surface area contributed by atoms with Crippen LogP contribution in [-0.4, -0.2) is 234 Å². The van der Waals surface area contributed by atoms with E-state index in [-0.39, 0.29) is 0 Å². The molecule has 3 unspecified atom stereocenters. The van der Waals surface area contributed by atoms with Crippen LogP contribution in [-0.2, 0) is 18.9 Å². The van der Waals surface area contributed by atoms with Crippen molar-refractivity contribution in [3.8, 4) is 0 Å². The van der Waals surface area contributed by atoms with Crippen molar-refractivity contribution in [2.45, 2.75) is 127 Å². The van der Waals surface area contributed by atoms with Crippen LogP contribution in [0.25, 0.3) is 0 Å². The SMILES string of the molecule is OC[C@H]1OC(O[C@]2(C3O[C@H](CO)[C@H](O)[C@H](O)[C@H]3O)[C@@H](O)[C@H](O)[C@@H](O)[C@H](O)[C@@]2(O)C2O[C@H](CO)[C@H](O)[C@H](O)[C@H]2O)[C@H](O)[C@@H](O)[C@H]1O. The molecule has 3 heterocycles. The lowest BCUT2D eigenvalue weighted by atomic mass is 9.57. The van der Waals surface area contributed by atoms with Gasteiger partial charge in [-0.1, -0.05) is 0 Å². The number of ether oxygens (including phenoxy) is 4. The smallest absolute Gasteiger partial charge is 0.187 e. The molecule has 4 aliphatic rings. The zero-order chi connectivity index (χ0) is 33.9. The highest BCUT2D eigenvalue weighted by molar-refractivity contribution is 5.27. The Balaban J connectivity index is 2.01. The molecule has 3 saturated heterocycles. The van der Waals surface area contributed by atoms with Gasteiger partial charge in [0, 0.05) is 0 Å². The van der Waals surface area contributed by atoms with E-state index >= 15 is 0 Å². The third kappa shape index (κ3) is 5.51. The third-order valence-corrected chi connectivity index (χ3v) is 9.31. The van der Waals surface area contributed by atoms with Crippen molar-refractivity contribution >= 4 is 0 Å². The Morgan fingerprint density at radius 3 is 1.27 bits per heavy atom. The molecule has 0 radical (unpaired) electrons. The summed E-state index contributed by atoms with van der Waals surface area (Å²) in [5.41, 5.74) is -7.40. The van der Waals surface area contributed by atoms with Crippen molar-refractivity contribution in [3.63, 3.8) is 0 Å². The van der Waals surface area contributed by atoms with Gasteiger partial charge in [-0.15, -0.1) is 0 Å². The Morgan fingerprint density at radius 1 is 0.422 bits per heavy atom. The standard InChI is InChI=1S/C24H42O21/c25-1-4-7(28)10(31)15(36)20(42-4)23(41)18(39)13(34)14(35)19(40)24(23,21-16(37)11(32)8(29)5(2-26)43-21)45-22-17(38)12(33)9(30)6(3-27)44-22/h4-22,25-41H,1-3H2/t4-,5-,6-,7+,8+,9+,10+,11+,12+,13-,14-,15-,16-,17-,18+,19+,20?,21?,22?,23-,24+/m1/s1. The summed E-state index contributed by atoms with van der Waals surface area (Å²) in [6, 6.07) is 0. The monoisotopic (exact) mass is 666 g/mol. The van der Waals surface area contributed by atoms with E-state index in [2.05, 4.69) is 0 Å². The van der Waals surface area contributed by atoms with Crippen molar-refractivity contribution < 1.29 is 106 Å². The summed E-state index contributed by atoms with van der Waals surface area (Å²) in [5.74, 6) is 0. The van der Waals surface area contributed by atoms with Gasteiger partial charge in [-0.2, -0.15) is 0 Å². The van der Waals surface area contributed by atoms with Crippen LogP contribution in [0, 0.1) is 0 Å². The second-order valence-electron chi connectivity index (χ2n) is 11.8. The Bertz CT molecular complexity index is 989. The van der Waals surface area contributed by atoms with Gasteiger partial charge < -0.3 is 106 Å². The average Bonchev–Trinajstić information content (AvgIpc) is 3.03. The van der Waals surface area contributed by atoms with E-state index in [1.807, 2.05) is 0 Å². The minimum Gasteiger partial charge on any atom is -0.394 e.